The van der Waals surface area contributed by atoms with Crippen molar-refractivity contribution in [2.24, 2.45) is 0 Å². The predicted octanol–water partition coefficient (Wildman–Crippen LogP) is 1.31. The Hall–Kier alpha value is -1.66. The second-order valence-corrected chi connectivity index (χ2v) is 5.06. The van der Waals surface area contributed by atoms with Gasteiger partial charge in [0.15, 0.2) is 0 Å². The lowest BCUT2D eigenvalue weighted by atomic mass is 10.1. The first-order valence-corrected chi connectivity index (χ1v) is 6.50. The summed E-state index contributed by atoms with van der Waals surface area (Å²) in [7, 11) is 3.14. The van der Waals surface area contributed by atoms with E-state index in [1.165, 1.54) is 19.2 Å². The molecule has 116 valence electrons. The van der Waals surface area contributed by atoms with Crippen LogP contribution in [-0.4, -0.2) is 43.5 Å². The number of likely N-dealkylation sites (tertiary alicyclic amines) is 1. The smallest absolute Gasteiger partial charge is 0.255 e. The molecule has 8 heteroatoms. The van der Waals surface area contributed by atoms with Gasteiger partial charge in [-0.15, -0.1) is 12.4 Å². The lowest BCUT2D eigenvalue weighted by Gasteiger charge is -2.14. The van der Waals surface area contributed by atoms with Crippen LogP contribution in [0.3, 0.4) is 0 Å². The fraction of sp³-hybridized carbons (Fsp3) is 0.385. The molecule has 0 aliphatic carbocycles. The van der Waals surface area contributed by atoms with Gasteiger partial charge >= 0.3 is 0 Å². The van der Waals surface area contributed by atoms with Gasteiger partial charge in [0, 0.05) is 19.7 Å². The van der Waals surface area contributed by atoms with E-state index >= 15 is 0 Å². The standard InChI is InChI=1S/C13H16ClN3O3.ClH/c1-17-4-3-10(13(17)19)16-12(18)7-5-8(14)9(15)6-11(7)20-2;/h5-6,10H,3-4,15H2,1-2H3,(H,16,18);1H. The molecule has 21 heavy (non-hydrogen) atoms. The van der Waals surface area contributed by atoms with Gasteiger partial charge in [-0.25, -0.2) is 0 Å². The Morgan fingerprint density at radius 3 is 2.71 bits per heavy atom. The van der Waals surface area contributed by atoms with Crippen molar-refractivity contribution in [3.05, 3.63) is 22.7 Å². The number of carbonyl (C=O) groups is 2. The SMILES string of the molecule is COc1cc(N)c(Cl)cc1C(=O)NC1CCN(C)C1=O.Cl. The van der Waals surface area contributed by atoms with Gasteiger partial charge in [-0.3, -0.25) is 9.59 Å². The molecule has 1 unspecified atom stereocenters. The fourth-order valence-electron chi connectivity index (χ4n) is 2.11. The minimum atomic E-state index is -0.506. The molecule has 0 bridgehead atoms. The average molecular weight is 334 g/mol. The van der Waals surface area contributed by atoms with Crippen molar-refractivity contribution in [2.75, 3.05) is 26.4 Å². The minimum Gasteiger partial charge on any atom is -0.496 e. The van der Waals surface area contributed by atoms with Crippen molar-refractivity contribution in [1.82, 2.24) is 10.2 Å². The topological polar surface area (TPSA) is 84.7 Å². The number of hydrogen-bond acceptors (Lipinski definition) is 4. The van der Waals surface area contributed by atoms with Crippen LogP contribution in [0.4, 0.5) is 5.69 Å². The van der Waals surface area contributed by atoms with E-state index in [2.05, 4.69) is 5.32 Å². The summed E-state index contributed by atoms with van der Waals surface area (Å²) < 4.78 is 5.12. The molecule has 1 atom stereocenters. The zero-order chi connectivity index (χ0) is 14.9. The number of methoxy groups -OCH3 is 1. The number of ether oxygens (including phenoxy) is 1. The molecular weight excluding hydrogens is 317 g/mol. The quantitative estimate of drug-likeness (QED) is 0.817. The third-order valence-electron chi connectivity index (χ3n) is 3.30. The molecule has 1 aromatic rings. The molecule has 1 saturated heterocycles. The lowest BCUT2D eigenvalue weighted by Crippen LogP contribution is -2.40. The first-order valence-electron chi connectivity index (χ1n) is 6.13. The van der Waals surface area contributed by atoms with Crippen LogP contribution in [0.1, 0.15) is 16.8 Å². The van der Waals surface area contributed by atoms with Crippen LogP contribution < -0.4 is 15.8 Å². The van der Waals surface area contributed by atoms with E-state index in [1.54, 1.807) is 11.9 Å². The number of likely N-dealkylation sites (N-methyl/N-ethyl adjacent to an activating group) is 1. The number of hydrogen-bond donors (Lipinski definition) is 2. The molecule has 1 aliphatic heterocycles. The Morgan fingerprint density at radius 2 is 2.19 bits per heavy atom. The molecule has 0 saturated carbocycles. The Labute approximate surface area is 134 Å². The van der Waals surface area contributed by atoms with Crippen LogP contribution in [0.15, 0.2) is 12.1 Å². The number of benzene rings is 1. The Balaban J connectivity index is 0.00000220. The van der Waals surface area contributed by atoms with E-state index in [1.807, 2.05) is 0 Å². The number of nitrogen functional groups attached to an aromatic ring is 1. The highest BCUT2D eigenvalue weighted by molar-refractivity contribution is 6.33. The monoisotopic (exact) mass is 333 g/mol. The number of amides is 2. The van der Waals surface area contributed by atoms with Gasteiger partial charge in [0.05, 0.1) is 23.4 Å². The van der Waals surface area contributed by atoms with E-state index in [9.17, 15) is 9.59 Å². The highest BCUT2D eigenvalue weighted by Crippen LogP contribution is 2.29. The second kappa shape index (κ2) is 6.87. The summed E-state index contributed by atoms with van der Waals surface area (Å²) in [6.45, 7) is 0.628. The summed E-state index contributed by atoms with van der Waals surface area (Å²) in [6.07, 6.45) is 0.589. The maximum absolute atomic E-state index is 12.2. The number of anilines is 1. The molecule has 1 aromatic carbocycles. The Morgan fingerprint density at radius 1 is 1.52 bits per heavy atom. The fourth-order valence-corrected chi connectivity index (χ4v) is 2.27. The lowest BCUT2D eigenvalue weighted by molar-refractivity contribution is -0.128. The van der Waals surface area contributed by atoms with Gasteiger partial charge in [0.25, 0.3) is 5.91 Å². The van der Waals surface area contributed by atoms with Crippen LogP contribution in [0, 0.1) is 0 Å². The summed E-state index contributed by atoms with van der Waals surface area (Å²) in [5, 5.41) is 2.96. The van der Waals surface area contributed by atoms with Crippen molar-refractivity contribution < 1.29 is 14.3 Å². The zero-order valence-corrected chi connectivity index (χ0v) is 13.3. The van der Waals surface area contributed by atoms with Crippen molar-refractivity contribution >= 4 is 41.5 Å². The van der Waals surface area contributed by atoms with Crippen molar-refractivity contribution in [3.8, 4) is 5.75 Å². The highest BCUT2D eigenvalue weighted by atomic mass is 35.5. The molecule has 1 aliphatic rings. The molecule has 1 fully saturated rings. The predicted molar refractivity (Wildman–Crippen MR) is 83.2 cm³/mol. The normalized spacial score (nSPS) is 17.4. The largest absolute Gasteiger partial charge is 0.496 e. The van der Waals surface area contributed by atoms with Gasteiger partial charge in [-0.05, 0) is 12.5 Å². The van der Waals surface area contributed by atoms with Crippen LogP contribution in [0.25, 0.3) is 0 Å². The second-order valence-electron chi connectivity index (χ2n) is 4.65. The summed E-state index contributed by atoms with van der Waals surface area (Å²) in [6, 6.07) is 2.42. The number of carbonyl (C=O) groups excluding carboxylic acids is 2. The molecule has 3 N–H and O–H groups in total. The van der Waals surface area contributed by atoms with Gasteiger partial charge < -0.3 is 20.7 Å². The summed E-state index contributed by atoms with van der Waals surface area (Å²) in [5.74, 6) is -0.181. The molecule has 0 aromatic heterocycles. The Bertz CT molecular complexity index is 566. The van der Waals surface area contributed by atoms with Crippen LogP contribution in [0.5, 0.6) is 5.75 Å². The van der Waals surface area contributed by atoms with Crippen molar-refractivity contribution in [1.29, 1.82) is 0 Å². The maximum atomic E-state index is 12.2. The van der Waals surface area contributed by atoms with Gasteiger partial charge in [-0.1, -0.05) is 11.6 Å². The van der Waals surface area contributed by atoms with Crippen LogP contribution >= 0.6 is 24.0 Å². The summed E-state index contributed by atoms with van der Waals surface area (Å²) in [5.41, 5.74) is 6.25. The van der Waals surface area contributed by atoms with Crippen molar-refractivity contribution in [3.63, 3.8) is 0 Å². The molecule has 2 rings (SSSR count). The molecular formula is C13H17Cl2N3O3. The zero-order valence-electron chi connectivity index (χ0n) is 11.7. The average Bonchev–Trinajstić information content (AvgIpc) is 2.73. The third kappa shape index (κ3) is 3.51. The van der Waals surface area contributed by atoms with E-state index in [4.69, 9.17) is 22.1 Å². The Kier molecular flexibility index (Phi) is 5.69. The van der Waals surface area contributed by atoms with E-state index < -0.39 is 11.9 Å². The van der Waals surface area contributed by atoms with E-state index in [0.717, 1.165) is 0 Å². The summed E-state index contributed by atoms with van der Waals surface area (Å²) in [4.78, 5) is 25.6. The number of nitrogens with one attached hydrogen (secondary N) is 1. The van der Waals surface area contributed by atoms with Crippen molar-refractivity contribution in [2.45, 2.75) is 12.5 Å². The number of halogens is 2. The number of nitrogens with zero attached hydrogens (tertiary/aromatic N) is 1. The van der Waals surface area contributed by atoms with E-state index in [-0.39, 0.29) is 28.9 Å². The molecule has 0 radical (unpaired) electrons. The summed E-state index contributed by atoms with van der Waals surface area (Å²) >= 11 is 5.92. The number of rotatable bonds is 3. The number of nitrogens with two attached hydrogens (primary N) is 1. The van der Waals surface area contributed by atoms with E-state index in [0.29, 0.717) is 24.4 Å². The van der Waals surface area contributed by atoms with Gasteiger partial charge in [0.2, 0.25) is 5.91 Å². The molecule has 6 nitrogen and oxygen atoms in total. The molecule has 2 amide bonds. The third-order valence-corrected chi connectivity index (χ3v) is 3.62. The maximum Gasteiger partial charge on any atom is 0.255 e. The molecule has 0 spiro atoms. The first kappa shape index (κ1) is 17.4. The van der Waals surface area contributed by atoms with Gasteiger partial charge in [0.1, 0.15) is 11.8 Å². The first-order chi connectivity index (χ1) is 9.43. The molecule has 1 heterocycles. The van der Waals surface area contributed by atoms with Crippen LogP contribution in [0.2, 0.25) is 5.02 Å². The van der Waals surface area contributed by atoms with Gasteiger partial charge in [-0.2, -0.15) is 0 Å². The van der Waals surface area contributed by atoms with Crippen LogP contribution in [-0.2, 0) is 4.79 Å². The highest BCUT2D eigenvalue weighted by Gasteiger charge is 2.31. The minimum absolute atomic E-state index is 0.